The number of carbonyl (C=O) groups excluding carboxylic acids is 1. The molecule has 0 saturated carbocycles. The maximum Gasteiger partial charge on any atom is 0.354 e. The lowest BCUT2D eigenvalue weighted by molar-refractivity contribution is 0.0690. The molecule has 102 valence electrons. The van der Waals surface area contributed by atoms with Crippen LogP contribution in [0, 0.1) is 0 Å². The molecule has 1 aromatic heterocycles. The van der Waals surface area contributed by atoms with Crippen molar-refractivity contribution in [3.8, 4) is 0 Å². The van der Waals surface area contributed by atoms with Crippen LogP contribution >= 0.6 is 23.2 Å². The van der Waals surface area contributed by atoms with Crippen LogP contribution in [0.1, 0.15) is 20.8 Å². The van der Waals surface area contributed by atoms with Crippen molar-refractivity contribution in [3.63, 3.8) is 0 Å². The molecule has 0 spiro atoms. The first kappa shape index (κ1) is 14.3. The molecule has 0 bridgehead atoms. The standard InChI is InChI=1S/C13H8Cl2N2O3/c14-9-2-1-7(5-10(9)15)12(18)17-8-3-4-16-11(6-8)13(19)20/h1-6H,(H,19,20)(H,16,17,18). The molecule has 0 aliphatic carbocycles. The first-order chi connectivity index (χ1) is 9.47. The van der Waals surface area contributed by atoms with Crippen LogP contribution in [0.25, 0.3) is 0 Å². The third-order valence-electron chi connectivity index (χ3n) is 2.42. The van der Waals surface area contributed by atoms with Gasteiger partial charge in [-0.3, -0.25) is 4.79 Å². The normalized spacial score (nSPS) is 10.1. The highest BCUT2D eigenvalue weighted by Gasteiger charge is 2.10. The van der Waals surface area contributed by atoms with Crippen LogP contribution in [0.2, 0.25) is 10.0 Å². The Morgan fingerprint density at radius 3 is 2.50 bits per heavy atom. The zero-order valence-corrected chi connectivity index (χ0v) is 11.4. The number of anilines is 1. The first-order valence-electron chi connectivity index (χ1n) is 5.43. The summed E-state index contributed by atoms with van der Waals surface area (Å²) in [5.74, 6) is -1.60. The van der Waals surface area contributed by atoms with Crippen molar-refractivity contribution >= 4 is 40.8 Å². The third-order valence-corrected chi connectivity index (χ3v) is 3.16. The Labute approximate surface area is 124 Å². The Kier molecular flexibility index (Phi) is 4.22. The van der Waals surface area contributed by atoms with E-state index in [4.69, 9.17) is 28.3 Å². The van der Waals surface area contributed by atoms with E-state index < -0.39 is 11.9 Å². The average Bonchev–Trinajstić information content (AvgIpc) is 2.42. The Hall–Kier alpha value is -2.11. The molecule has 2 aromatic rings. The highest BCUT2D eigenvalue weighted by Crippen LogP contribution is 2.23. The zero-order valence-electron chi connectivity index (χ0n) is 9.93. The molecule has 1 aromatic carbocycles. The topological polar surface area (TPSA) is 79.3 Å². The van der Waals surface area contributed by atoms with Gasteiger partial charge in [0.2, 0.25) is 0 Å². The van der Waals surface area contributed by atoms with Gasteiger partial charge in [-0.1, -0.05) is 23.2 Å². The van der Waals surface area contributed by atoms with E-state index >= 15 is 0 Å². The van der Waals surface area contributed by atoms with E-state index in [1.54, 1.807) is 0 Å². The number of aromatic carboxylic acids is 1. The lowest BCUT2D eigenvalue weighted by Gasteiger charge is -2.06. The molecule has 1 amide bonds. The molecule has 7 heteroatoms. The number of carboxylic acid groups (broad SMARTS) is 1. The molecule has 1 heterocycles. The molecule has 0 unspecified atom stereocenters. The van der Waals surface area contributed by atoms with Gasteiger partial charge in [0.1, 0.15) is 5.69 Å². The Bertz CT molecular complexity index is 689. The van der Waals surface area contributed by atoms with Gasteiger partial charge in [-0.25, -0.2) is 9.78 Å². The van der Waals surface area contributed by atoms with Crippen molar-refractivity contribution in [3.05, 3.63) is 57.8 Å². The maximum atomic E-state index is 12.0. The number of carboxylic acids is 1. The van der Waals surface area contributed by atoms with Gasteiger partial charge in [0.05, 0.1) is 10.0 Å². The fraction of sp³-hybridized carbons (Fsp3) is 0. The van der Waals surface area contributed by atoms with Gasteiger partial charge in [-0.05, 0) is 30.3 Å². The Morgan fingerprint density at radius 2 is 1.85 bits per heavy atom. The lowest BCUT2D eigenvalue weighted by Crippen LogP contribution is -2.12. The summed E-state index contributed by atoms with van der Waals surface area (Å²) in [4.78, 5) is 26.4. The van der Waals surface area contributed by atoms with Crippen LogP contribution in [0.3, 0.4) is 0 Å². The van der Waals surface area contributed by atoms with E-state index in [1.165, 1.54) is 36.5 Å². The van der Waals surface area contributed by atoms with Gasteiger partial charge in [-0.15, -0.1) is 0 Å². The fourth-order valence-corrected chi connectivity index (χ4v) is 1.76. The van der Waals surface area contributed by atoms with Crippen LogP contribution in [0.15, 0.2) is 36.5 Å². The molecule has 0 aliphatic rings. The maximum absolute atomic E-state index is 12.0. The second-order valence-corrected chi connectivity index (χ2v) is 4.63. The molecule has 0 fully saturated rings. The number of pyridine rings is 1. The number of carbonyl (C=O) groups is 2. The predicted octanol–water partition coefficient (Wildman–Crippen LogP) is 3.34. The molecular formula is C13H8Cl2N2O3. The van der Waals surface area contributed by atoms with Gasteiger partial charge >= 0.3 is 5.97 Å². The number of nitrogens with zero attached hydrogens (tertiary/aromatic N) is 1. The minimum atomic E-state index is -1.17. The number of nitrogens with one attached hydrogen (secondary N) is 1. The summed E-state index contributed by atoms with van der Waals surface area (Å²) < 4.78 is 0. The van der Waals surface area contributed by atoms with E-state index in [0.717, 1.165) is 0 Å². The van der Waals surface area contributed by atoms with Gasteiger partial charge in [0.25, 0.3) is 5.91 Å². The number of hydrogen-bond donors (Lipinski definition) is 2. The second-order valence-electron chi connectivity index (χ2n) is 3.82. The Balaban J connectivity index is 2.21. The Morgan fingerprint density at radius 1 is 1.10 bits per heavy atom. The van der Waals surface area contributed by atoms with Crippen molar-refractivity contribution in [1.29, 1.82) is 0 Å². The number of halogens is 2. The van der Waals surface area contributed by atoms with Crippen molar-refractivity contribution < 1.29 is 14.7 Å². The fourth-order valence-electron chi connectivity index (χ4n) is 1.47. The smallest absolute Gasteiger partial charge is 0.354 e. The van der Waals surface area contributed by atoms with E-state index in [0.29, 0.717) is 16.3 Å². The van der Waals surface area contributed by atoms with Gasteiger partial charge in [0, 0.05) is 17.4 Å². The van der Waals surface area contributed by atoms with Gasteiger partial charge in [-0.2, -0.15) is 0 Å². The van der Waals surface area contributed by atoms with Crippen molar-refractivity contribution in [2.75, 3.05) is 5.32 Å². The molecule has 0 saturated heterocycles. The van der Waals surface area contributed by atoms with E-state index in [2.05, 4.69) is 10.3 Å². The zero-order chi connectivity index (χ0) is 14.7. The molecule has 5 nitrogen and oxygen atoms in total. The second kappa shape index (κ2) is 5.90. The lowest BCUT2D eigenvalue weighted by atomic mass is 10.2. The molecule has 0 radical (unpaired) electrons. The summed E-state index contributed by atoms with van der Waals surface area (Å²) in [6.45, 7) is 0. The molecule has 2 rings (SSSR count). The van der Waals surface area contributed by atoms with E-state index in [9.17, 15) is 9.59 Å². The van der Waals surface area contributed by atoms with E-state index in [-0.39, 0.29) is 10.7 Å². The quantitative estimate of drug-likeness (QED) is 0.911. The van der Waals surface area contributed by atoms with Crippen molar-refractivity contribution in [1.82, 2.24) is 4.98 Å². The SMILES string of the molecule is O=C(Nc1ccnc(C(=O)O)c1)c1ccc(Cl)c(Cl)c1. The van der Waals surface area contributed by atoms with Crippen LogP contribution < -0.4 is 5.32 Å². The molecule has 0 aliphatic heterocycles. The van der Waals surface area contributed by atoms with Crippen LogP contribution in [0.5, 0.6) is 0 Å². The van der Waals surface area contributed by atoms with Gasteiger partial charge < -0.3 is 10.4 Å². The number of rotatable bonds is 3. The minimum absolute atomic E-state index is 0.156. The molecule has 0 atom stereocenters. The van der Waals surface area contributed by atoms with Crippen LogP contribution in [0.4, 0.5) is 5.69 Å². The number of hydrogen-bond acceptors (Lipinski definition) is 3. The third kappa shape index (κ3) is 3.26. The first-order valence-corrected chi connectivity index (χ1v) is 6.18. The highest BCUT2D eigenvalue weighted by atomic mass is 35.5. The minimum Gasteiger partial charge on any atom is -0.477 e. The van der Waals surface area contributed by atoms with Crippen LogP contribution in [-0.4, -0.2) is 22.0 Å². The number of aromatic nitrogens is 1. The summed E-state index contributed by atoms with van der Waals surface area (Å²) in [6.07, 6.45) is 1.30. The van der Waals surface area contributed by atoms with E-state index in [1.807, 2.05) is 0 Å². The summed E-state index contributed by atoms with van der Waals surface area (Å²) in [7, 11) is 0. The van der Waals surface area contributed by atoms with Crippen LogP contribution in [-0.2, 0) is 0 Å². The summed E-state index contributed by atoms with van der Waals surface area (Å²) in [6, 6.07) is 7.20. The molecular weight excluding hydrogens is 303 g/mol. The summed E-state index contributed by atoms with van der Waals surface area (Å²) in [5, 5.41) is 12.0. The molecule has 20 heavy (non-hydrogen) atoms. The van der Waals surface area contributed by atoms with Gasteiger partial charge in [0.15, 0.2) is 0 Å². The highest BCUT2D eigenvalue weighted by molar-refractivity contribution is 6.42. The predicted molar refractivity (Wildman–Crippen MR) is 75.6 cm³/mol. The summed E-state index contributed by atoms with van der Waals surface area (Å²) in [5.41, 5.74) is 0.485. The monoisotopic (exact) mass is 310 g/mol. The summed E-state index contributed by atoms with van der Waals surface area (Å²) >= 11 is 11.6. The number of benzene rings is 1. The van der Waals surface area contributed by atoms with Crippen molar-refractivity contribution in [2.24, 2.45) is 0 Å². The molecule has 2 N–H and O–H groups in total. The largest absolute Gasteiger partial charge is 0.477 e. The average molecular weight is 311 g/mol. The number of amides is 1. The van der Waals surface area contributed by atoms with Crippen molar-refractivity contribution in [2.45, 2.75) is 0 Å².